The highest BCUT2D eigenvalue weighted by molar-refractivity contribution is 8.18. The third-order valence-corrected chi connectivity index (χ3v) is 4.23. The standard InChI is InChI=1S/C15H18N2O5S/c1-9-12(10(2)22-16-9)8-13-14(19)17(15(20)23-13)6-4-5-7-21-11(3)18/h8H,4-7H2,1-3H3/b13-8-. The van der Waals surface area contributed by atoms with Crippen LogP contribution in [0.4, 0.5) is 4.79 Å². The number of imide groups is 1. The van der Waals surface area contributed by atoms with E-state index in [4.69, 9.17) is 9.26 Å². The van der Waals surface area contributed by atoms with Crippen molar-refractivity contribution in [3.63, 3.8) is 0 Å². The molecule has 0 radical (unpaired) electrons. The van der Waals surface area contributed by atoms with Crippen LogP contribution >= 0.6 is 11.8 Å². The number of amides is 2. The van der Waals surface area contributed by atoms with E-state index in [1.54, 1.807) is 19.9 Å². The van der Waals surface area contributed by atoms with E-state index in [-0.39, 0.29) is 17.1 Å². The summed E-state index contributed by atoms with van der Waals surface area (Å²) in [5.74, 6) is -0.0401. The zero-order chi connectivity index (χ0) is 17.0. The van der Waals surface area contributed by atoms with Gasteiger partial charge in [0.2, 0.25) is 0 Å². The first-order valence-electron chi connectivity index (χ1n) is 7.21. The average molecular weight is 338 g/mol. The number of unbranched alkanes of at least 4 members (excludes halogenated alkanes) is 1. The number of rotatable bonds is 6. The van der Waals surface area contributed by atoms with Crippen LogP contribution in [-0.2, 0) is 14.3 Å². The summed E-state index contributed by atoms with van der Waals surface area (Å²) in [5.41, 5.74) is 1.40. The summed E-state index contributed by atoms with van der Waals surface area (Å²) in [6, 6.07) is 0. The monoisotopic (exact) mass is 338 g/mol. The van der Waals surface area contributed by atoms with E-state index in [1.807, 2.05) is 0 Å². The molecule has 7 nitrogen and oxygen atoms in total. The molecule has 2 rings (SSSR count). The number of carbonyl (C=O) groups excluding carboxylic acids is 3. The number of hydrogen-bond donors (Lipinski definition) is 0. The number of aryl methyl sites for hydroxylation is 2. The molecule has 1 aromatic heterocycles. The molecule has 0 spiro atoms. The highest BCUT2D eigenvalue weighted by atomic mass is 32.2. The van der Waals surface area contributed by atoms with Crippen molar-refractivity contribution in [2.75, 3.05) is 13.2 Å². The molecule has 1 aliphatic heterocycles. The Labute approximate surface area is 138 Å². The lowest BCUT2D eigenvalue weighted by Gasteiger charge is -2.11. The van der Waals surface area contributed by atoms with Crippen LogP contribution in [0.15, 0.2) is 9.43 Å². The minimum atomic E-state index is -0.335. The van der Waals surface area contributed by atoms with E-state index in [9.17, 15) is 14.4 Å². The van der Waals surface area contributed by atoms with Crippen LogP contribution in [-0.4, -0.2) is 40.3 Å². The first kappa shape index (κ1) is 17.3. The van der Waals surface area contributed by atoms with Gasteiger partial charge in [0.25, 0.3) is 11.1 Å². The second kappa shape index (κ2) is 7.45. The van der Waals surface area contributed by atoms with E-state index in [1.165, 1.54) is 11.8 Å². The van der Waals surface area contributed by atoms with E-state index >= 15 is 0 Å². The number of nitrogens with zero attached hydrogens (tertiary/aromatic N) is 2. The van der Waals surface area contributed by atoms with E-state index in [0.717, 1.165) is 17.3 Å². The number of ether oxygens (including phenoxy) is 1. The summed E-state index contributed by atoms with van der Waals surface area (Å²) >= 11 is 0.910. The molecule has 2 amide bonds. The fraction of sp³-hybridized carbons (Fsp3) is 0.467. The Morgan fingerprint density at radius 1 is 1.35 bits per heavy atom. The minimum absolute atomic E-state index is 0.291. The number of esters is 1. The predicted molar refractivity (Wildman–Crippen MR) is 84.5 cm³/mol. The van der Waals surface area contributed by atoms with E-state index in [0.29, 0.717) is 42.4 Å². The molecule has 1 aliphatic rings. The SMILES string of the molecule is CC(=O)OCCCCN1C(=O)S/C(=C\c2c(C)noc2C)C1=O. The fourth-order valence-corrected chi connectivity index (χ4v) is 2.95. The number of thioether (sulfide) groups is 1. The molecule has 8 heteroatoms. The van der Waals surface area contributed by atoms with E-state index < -0.39 is 0 Å². The lowest BCUT2D eigenvalue weighted by atomic mass is 10.2. The van der Waals surface area contributed by atoms with Crippen LogP contribution in [0.3, 0.4) is 0 Å². The van der Waals surface area contributed by atoms with Gasteiger partial charge in [0.15, 0.2) is 0 Å². The lowest BCUT2D eigenvalue weighted by molar-refractivity contribution is -0.141. The second-order valence-electron chi connectivity index (χ2n) is 5.12. The van der Waals surface area contributed by atoms with Crippen molar-refractivity contribution in [1.29, 1.82) is 0 Å². The predicted octanol–water partition coefficient (Wildman–Crippen LogP) is 2.67. The smallest absolute Gasteiger partial charge is 0.302 e. The van der Waals surface area contributed by atoms with Crippen molar-refractivity contribution in [3.8, 4) is 0 Å². The third kappa shape index (κ3) is 4.22. The van der Waals surface area contributed by atoms with Crippen molar-refractivity contribution >= 4 is 35.0 Å². The summed E-state index contributed by atoms with van der Waals surface area (Å²) in [6.45, 7) is 5.48. The fourth-order valence-electron chi connectivity index (χ4n) is 2.11. The Morgan fingerprint density at radius 3 is 2.70 bits per heavy atom. The molecule has 0 saturated carbocycles. The molecule has 124 valence electrons. The minimum Gasteiger partial charge on any atom is -0.466 e. The van der Waals surface area contributed by atoms with Crippen molar-refractivity contribution in [1.82, 2.24) is 10.1 Å². The topological polar surface area (TPSA) is 89.7 Å². The van der Waals surface area contributed by atoms with Gasteiger partial charge in [-0.25, -0.2) is 0 Å². The maximum Gasteiger partial charge on any atom is 0.302 e. The number of aromatic nitrogens is 1. The Hall–Kier alpha value is -2.09. The summed E-state index contributed by atoms with van der Waals surface area (Å²) in [7, 11) is 0. The van der Waals surface area contributed by atoms with Gasteiger partial charge in [0, 0.05) is 19.0 Å². The van der Waals surface area contributed by atoms with Gasteiger partial charge in [0.05, 0.1) is 17.2 Å². The van der Waals surface area contributed by atoms with E-state index in [2.05, 4.69) is 5.16 Å². The number of carbonyl (C=O) groups is 3. The summed E-state index contributed by atoms with van der Waals surface area (Å²) < 4.78 is 9.87. The number of hydrogen-bond acceptors (Lipinski definition) is 7. The van der Waals surface area contributed by atoms with Crippen LogP contribution in [0.5, 0.6) is 0 Å². The Balaban J connectivity index is 1.96. The van der Waals surface area contributed by atoms with Gasteiger partial charge in [-0.1, -0.05) is 5.16 Å². The normalized spacial score (nSPS) is 16.5. The van der Waals surface area contributed by atoms with Crippen molar-refractivity contribution in [3.05, 3.63) is 21.9 Å². The highest BCUT2D eigenvalue weighted by Crippen LogP contribution is 2.33. The molecule has 0 atom stereocenters. The summed E-state index contributed by atoms with van der Waals surface area (Å²) in [6.07, 6.45) is 2.83. The maximum atomic E-state index is 12.3. The Bertz CT molecular complexity index is 645. The molecule has 23 heavy (non-hydrogen) atoms. The molecular weight excluding hydrogens is 320 g/mol. The van der Waals surface area contributed by atoms with Crippen LogP contribution in [0.1, 0.15) is 36.8 Å². The van der Waals surface area contributed by atoms with Gasteiger partial charge in [-0.3, -0.25) is 19.3 Å². The van der Waals surface area contributed by atoms with Gasteiger partial charge >= 0.3 is 5.97 Å². The molecule has 0 bridgehead atoms. The van der Waals surface area contributed by atoms with Crippen LogP contribution in [0, 0.1) is 13.8 Å². The van der Waals surface area contributed by atoms with Crippen molar-refractivity contribution < 1.29 is 23.6 Å². The maximum absolute atomic E-state index is 12.3. The summed E-state index contributed by atoms with van der Waals surface area (Å²) in [4.78, 5) is 36.5. The van der Waals surface area contributed by atoms with Crippen LogP contribution < -0.4 is 0 Å². The first-order valence-corrected chi connectivity index (χ1v) is 8.03. The van der Waals surface area contributed by atoms with Crippen LogP contribution in [0.2, 0.25) is 0 Å². The molecular formula is C15H18N2O5S. The van der Waals surface area contributed by atoms with Crippen molar-refractivity contribution in [2.45, 2.75) is 33.6 Å². The van der Waals surface area contributed by atoms with Gasteiger partial charge in [-0.05, 0) is 44.5 Å². The third-order valence-electron chi connectivity index (χ3n) is 3.32. The second-order valence-corrected chi connectivity index (χ2v) is 6.11. The molecule has 0 aromatic carbocycles. The van der Waals surface area contributed by atoms with Gasteiger partial charge in [0.1, 0.15) is 5.76 Å². The average Bonchev–Trinajstić information content (AvgIpc) is 2.93. The highest BCUT2D eigenvalue weighted by Gasteiger charge is 2.34. The Kier molecular flexibility index (Phi) is 5.59. The van der Waals surface area contributed by atoms with Gasteiger partial charge < -0.3 is 9.26 Å². The van der Waals surface area contributed by atoms with Crippen molar-refractivity contribution in [2.24, 2.45) is 0 Å². The molecule has 0 unspecified atom stereocenters. The molecule has 0 aliphatic carbocycles. The van der Waals surface area contributed by atoms with Crippen LogP contribution in [0.25, 0.3) is 6.08 Å². The molecule has 1 aromatic rings. The lowest BCUT2D eigenvalue weighted by Crippen LogP contribution is -2.29. The molecule has 1 fully saturated rings. The molecule has 2 heterocycles. The Morgan fingerprint density at radius 2 is 2.09 bits per heavy atom. The quantitative estimate of drug-likeness (QED) is 0.447. The molecule has 0 N–H and O–H groups in total. The molecule has 1 saturated heterocycles. The van der Waals surface area contributed by atoms with Gasteiger partial charge in [-0.2, -0.15) is 0 Å². The largest absolute Gasteiger partial charge is 0.466 e. The zero-order valence-corrected chi connectivity index (χ0v) is 14.1. The van der Waals surface area contributed by atoms with Gasteiger partial charge in [-0.15, -0.1) is 0 Å². The zero-order valence-electron chi connectivity index (χ0n) is 13.2. The first-order chi connectivity index (χ1) is 10.9. The summed E-state index contributed by atoms with van der Waals surface area (Å²) in [5, 5.41) is 3.53.